The second kappa shape index (κ2) is 41.3. The summed E-state index contributed by atoms with van der Waals surface area (Å²) < 4.78 is 11.2. The van der Waals surface area contributed by atoms with E-state index >= 15 is 0 Å². The number of aliphatic hydroxyl groups excluding tert-OH is 6. The predicted octanol–water partition coefficient (Wildman–Crippen LogP) is 10.4. The first-order chi connectivity index (χ1) is 29.8. The molecule has 0 aromatic rings. The maximum absolute atomic E-state index is 13.1. The molecule has 10 heteroatoms. The molecule has 8 unspecified atom stereocenters. The van der Waals surface area contributed by atoms with E-state index in [1.165, 1.54) is 167 Å². The van der Waals surface area contributed by atoms with E-state index in [9.17, 15) is 35.4 Å². The van der Waals surface area contributed by atoms with Crippen LogP contribution in [0.5, 0.6) is 0 Å². The second-order valence-corrected chi connectivity index (χ2v) is 18.1. The Kier molecular flexibility index (Phi) is 39.1. The Balaban J connectivity index is 2.37. The van der Waals surface area contributed by atoms with Crippen molar-refractivity contribution in [3.8, 4) is 0 Å². The molecular weight excluding hydrogens is 771 g/mol. The molecule has 360 valence electrons. The molecule has 1 aliphatic rings. The highest BCUT2D eigenvalue weighted by atomic mass is 16.7. The number of amides is 1. The quantitative estimate of drug-likeness (QED) is 0.0233. The number of rotatable bonds is 43. The zero-order chi connectivity index (χ0) is 44.6. The van der Waals surface area contributed by atoms with Crippen molar-refractivity contribution < 1.29 is 44.9 Å². The number of aliphatic hydroxyl groups is 6. The molecule has 1 saturated heterocycles. The van der Waals surface area contributed by atoms with E-state index in [2.05, 4.69) is 31.3 Å². The van der Waals surface area contributed by atoms with Crippen LogP contribution in [0.15, 0.2) is 24.3 Å². The monoisotopic (exact) mass is 868 g/mol. The summed E-state index contributed by atoms with van der Waals surface area (Å²) in [6.45, 7) is 3.61. The zero-order valence-electron chi connectivity index (χ0n) is 39.3. The maximum Gasteiger partial charge on any atom is 0.249 e. The van der Waals surface area contributed by atoms with Crippen molar-refractivity contribution in [2.75, 3.05) is 13.2 Å². The highest BCUT2D eigenvalue weighted by molar-refractivity contribution is 5.80. The fourth-order valence-corrected chi connectivity index (χ4v) is 8.18. The number of hydrogen-bond acceptors (Lipinski definition) is 9. The van der Waals surface area contributed by atoms with Crippen LogP contribution >= 0.6 is 0 Å². The van der Waals surface area contributed by atoms with E-state index in [1.807, 2.05) is 6.08 Å². The van der Waals surface area contributed by atoms with E-state index < -0.39 is 61.5 Å². The molecule has 7 N–H and O–H groups in total. The number of carbonyl (C=O) groups is 1. The largest absolute Gasteiger partial charge is 0.394 e. The Hall–Kier alpha value is -1.37. The van der Waals surface area contributed by atoms with Crippen LogP contribution < -0.4 is 5.32 Å². The van der Waals surface area contributed by atoms with Gasteiger partial charge in [-0.3, -0.25) is 4.79 Å². The summed E-state index contributed by atoms with van der Waals surface area (Å²) in [4.78, 5) is 13.1. The number of ether oxygens (including phenoxy) is 2. The van der Waals surface area contributed by atoms with E-state index in [0.717, 1.165) is 32.1 Å². The molecule has 0 spiro atoms. The van der Waals surface area contributed by atoms with E-state index in [-0.39, 0.29) is 6.61 Å². The van der Waals surface area contributed by atoms with Gasteiger partial charge in [-0.25, -0.2) is 0 Å². The Morgan fingerprint density at radius 1 is 0.557 bits per heavy atom. The van der Waals surface area contributed by atoms with Crippen molar-refractivity contribution in [2.45, 2.75) is 281 Å². The number of carbonyl (C=O) groups excluding carboxylic acids is 1. The zero-order valence-corrected chi connectivity index (χ0v) is 39.3. The minimum Gasteiger partial charge on any atom is -0.394 e. The molecule has 1 amide bonds. The third-order valence-electron chi connectivity index (χ3n) is 12.4. The molecule has 1 fully saturated rings. The molecule has 0 radical (unpaired) electrons. The van der Waals surface area contributed by atoms with Crippen LogP contribution in [-0.2, 0) is 14.3 Å². The third kappa shape index (κ3) is 31.2. The van der Waals surface area contributed by atoms with Crippen LogP contribution in [0.3, 0.4) is 0 Å². The number of allylic oxidation sites excluding steroid dienone is 3. The summed E-state index contributed by atoms with van der Waals surface area (Å²) in [7, 11) is 0. The fourth-order valence-electron chi connectivity index (χ4n) is 8.18. The first kappa shape index (κ1) is 57.6. The maximum atomic E-state index is 13.1. The SMILES string of the molecule is CCCCCCCCCCCCC/C=C/CC/C=C/C(O)C(COC1OC(CO)C(O)C(O)C1O)NC(=O)C(O)CCCCCCCCCCCCCCCCCCCCC. The Labute approximate surface area is 373 Å². The summed E-state index contributed by atoms with van der Waals surface area (Å²) in [5.41, 5.74) is 0. The fraction of sp³-hybridized carbons (Fsp3) is 0.902. The highest BCUT2D eigenvalue weighted by Gasteiger charge is 2.44. The number of hydrogen-bond donors (Lipinski definition) is 7. The third-order valence-corrected chi connectivity index (χ3v) is 12.4. The molecule has 10 nitrogen and oxygen atoms in total. The van der Waals surface area contributed by atoms with Gasteiger partial charge in [0.1, 0.15) is 30.5 Å². The van der Waals surface area contributed by atoms with Gasteiger partial charge in [0.2, 0.25) is 5.91 Å². The van der Waals surface area contributed by atoms with Crippen LogP contribution in [0.4, 0.5) is 0 Å². The molecular formula is C51H97NO9. The van der Waals surface area contributed by atoms with Crippen molar-refractivity contribution in [3.63, 3.8) is 0 Å². The van der Waals surface area contributed by atoms with Gasteiger partial charge in [0.15, 0.2) is 6.29 Å². The molecule has 0 bridgehead atoms. The van der Waals surface area contributed by atoms with E-state index in [1.54, 1.807) is 6.08 Å². The highest BCUT2D eigenvalue weighted by Crippen LogP contribution is 2.23. The van der Waals surface area contributed by atoms with Gasteiger partial charge in [-0.05, 0) is 32.1 Å². The summed E-state index contributed by atoms with van der Waals surface area (Å²) in [5.74, 6) is -0.623. The lowest BCUT2D eigenvalue weighted by atomic mass is 9.99. The molecule has 0 aromatic heterocycles. The van der Waals surface area contributed by atoms with Gasteiger partial charge in [0.25, 0.3) is 0 Å². The predicted molar refractivity (Wildman–Crippen MR) is 250 cm³/mol. The van der Waals surface area contributed by atoms with Crippen molar-refractivity contribution >= 4 is 5.91 Å². The molecule has 1 rings (SSSR count). The summed E-state index contributed by atoms with van der Waals surface area (Å²) in [6.07, 6.45) is 39.8. The first-order valence-electron chi connectivity index (χ1n) is 25.7. The average Bonchev–Trinajstić information content (AvgIpc) is 3.26. The van der Waals surface area contributed by atoms with Crippen LogP contribution in [-0.4, -0.2) is 98.7 Å². The second-order valence-electron chi connectivity index (χ2n) is 18.1. The minimum absolute atomic E-state index is 0.308. The van der Waals surface area contributed by atoms with Crippen LogP contribution in [0.1, 0.15) is 232 Å². The molecule has 0 aromatic carbocycles. The minimum atomic E-state index is -1.61. The molecule has 1 aliphatic heterocycles. The number of nitrogens with one attached hydrogen (secondary N) is 1. The average molecular weight is 868 g/mol. The van der Waals surface area contributed by atoms with Crippen molar-refractivity contribution in [3.05, 3.63) is 24.3 Å². The van der Waals surface area contributed by atoms with Gasteiger partial charge >= 0.3 is 0 Å². The van der Waals surface area contributed by atoms with Gasteiger partial charge in [-0.15, -0.1) is 0 Å². The Bertz CT molecular complexity index is 1030. The van der Waals surface area contributed by atoms with Gasteiger partial charge in [-0.1, -0.05) is 224 Å². The summed E-state index contributed by atoms with van der Waals surface area (Å²) in [5, 5.41) is 64.8. The smallest absolute Gasteiger partial charge is 0.249 e. The van der Waals surface area contributed by atoms with Crippen LogP contribution in [0.25, 0.3) is 0 Å². The molecule has 1 heterocycles. The Morgan fingerprint density at radius 2 is 0.967 bits per heavy atom. The topological polar surface area (TPSA) is 169 Å². The van der Waals surface area contributed by atoms with Crippen molar-refractivity contribution in [2.24, 2.45) is 0 Å². The number of unbranched alkanes of at least 4 members (excludes halogenated alkanes) is 30. The lowest BCUT2D eigenvalue weighted by molar-refractivity contribution is -0.302. The van der Waals surface area contributed by atoms with E-state index in [4.69, 9.17) is 9.47 Å². The van der Waals surface area contributed by atoms with E-state index in [0.29, 0.717) is 19.3 Å². The van der Waals surface area contributed by atoms with Gasteiger partial charge in [0, 0.05) is 0 Å². The summed E-state index contributed by atoms with van der Waals surface area (Å²) >= 11 is 0. The Morgan fingerprint density at radius 3 is 1.43 bits per heavy atom. The molecule has 0 saturated carbocycles. The summed E-state index contributed by atoms with van der Waals surface area (Å²) in [6, 6.07) is -0.993. The molecule has 61 heavy (non-hydrogen) atoms. The van der Waals surface area contributed by atoms with Crippen LogP contribution in [0.2, 0.25) is 0 Å². The lowest BCUT2D eigenvalue weighted by Crippen LogP contribution is -2.60. The van der Waals surface area contributed by atoms with Crippen molar-refractivity contribution in [1.82, 2.24) is 5.32 Å². The molecule has 8 atom stereocenters. The standard InChI is InChI=1S/C51H97NO9/c1-3-5-7-9-11-13-15-17-19-21-22-24-26-28-30-32-34-36-38-40-45(55)50(59)52-43(42-60-51-49(58)48(57)47(56)46(41-53)61-51)44(54)39-37-35-33-31-29-27-25-23-20-18-16-14-12-10-8-6-4-2/h29,31,37,39,43-49,51,53-58H,3-28,30,32-36,38,40-42H2,1-2H3,(H,52,59)/b31-29+,39-37+. The van der Waals surface area contributed by atoms with Gasteiger partial charge < -0.3 is 45.4 Å². The van der Waals surface area contributed by atoms with Crippen LogP contribution in [0, 0.1) is 0 Å². The first-order valence-corrected chi connectivity index (χ1v) is 25.7. The van der Waals surface area contributed by atoms with Gasteiger partial charge in [0.05, 0.1) is 25.4 Å². The lowest BCUT2D eigenvalue weighted by Gasteiger charge is -2.40. The van der Waals surface area contributed by atoms with Crippen molar-refractivity contribution in [1.29, 1.82) is 0 Å². The normalized spacial score (nSPS) is 21.1. The van der Waals surface area contributed by atoms with Gasteiger partial charge in [-0.2, -0.15) is 0 Å². The molecule has 0 aliphatic carbocycles.